The fourth-order valence-electron chi connectivity index (χ4n) is 3.98. The average molecular weight is 360 g/mol. The van der Waals surface area contributed by atoms with Crippen LogP contribution in [0.15, 0.2) is 24.8 Å². The van der Waals surface area contributed by atoms with Gasteiger partial charge in [-0.15, -0.1) is 0 Å². The summed E-state index contributed by atoms with van der Waals surface area (Å²) in [5.74, 6) is 0. The third-order valence-electron chi connectivity index (χ3n) is 4.95. The van der Waals surface area contributed by atoms with E-state index < -0.39 is 11.2 Å². The summed E-state index contributed by atoms with van der Waals surface area (Å²) in [5, 5.41) is 11.5. The Bertz CT molecular complexity index is 814. The van der Waals surface area contributed by atoms with Gasteiger partial charge in [-0.3, -0.25) is 14.3 Å². The number of piperidine rings is 1. The van der Waals surface area contributed by atoms with Crippen LogP contribution in [-0.2, 0) is 15.1 Å². The van der Waals surface area contributed by atoms with Gasteiger partial charge in [0.15, 0.2) is 5.65 Å². The number of imidazole rings is 1. The fourth-order valence-corrected chi connectivity index (χ4v) is 3.98. The van der Waals surface area contributed by atoms with E-state index in [2.05, 4.69) is 9.97 Å². The van der Waals surface area contributed by atoms with Crippen LogP contribution in [0.25, 0.3) is 5.65 Å². The third-order valence-corrected chi connectivity index (χ3v) is 4.95. The summed E-state index contributed by atoms with van der Waals surface area (Å²) in [7, 11) is 0. The number of ether oxygens (including phenoxy) is 2. The van der Waals surface area contributed by atoms with E-state index in [0.29, 0.717) is 31.7 Å². The van der Waals surface area contributed by atoms with Crippen molar-refractivity contribution in [2.24, 2.45) is 0 Å². The van der Waals surface area contributed by atoms with Crippen LogP contribution in [0, 0.1) is 0 Å². The number of rotatable bonds is 1. The Labute approximate surface area is 151 Å². The molecule has 8 nitrogen and oxygen atoms in total. The van der Waals surface area contributed by atoms with Gasteiger partial charge in [0.1, 0.15) is 11.2 Å². The summed E-state index contributed by atoms with van der Waals surface area (Å²) in [6, 6.07) is -0.482. The third kappa shape index (κ3) is 2.93. The first-order valence-electron chi connectivity index (χ1n) is 8.86. The SMILES string of the molecule is CC(C)(C)OC(=O)N1C2COCC1CC(O)(c1cnc3cnccn13)C2. The van der Waals surface area contributed by atoms with Gasteiger partial charge in [-0.25, -0.2) is 9.78 Å². The minimum Gasteiger partial charge on any atom is -0.444 e. The van der Waals surface area contributed by atoms with Crippen molar-refractivity contribution >= 4 is 11.7 Å². The first-order chi connectivity index (χ1) is 12.3. The summed E-state index contributed by atoms with van der Waals surface area (Å²) in [4.78, 5) is 22.8. The van der Waals surface area contributed by atoms with Gasteiger partial charge in [-0.05, 0) is 20.8 Å². The molecule has 1 N–H and O–H groups in total. The molecule has 4 rings (SSSR count). The Kier molecular flexibility index (Phi) is 3.92. The molecule has 4 heterocycles. The van der Waals surface area contributed by atoms with E-state index in [4.69, 9.17) is 9.47 Å². The quantitative estimate of drug-likeness (QED) is 0.833. The maximum atomic E-state index is 12.7. The van der Waals surface area contributed by atoms with E-state index in [0.717, 1.165) is 5.69 Å². The standard InChI is InChI=1S/C18H24N4O4/c1-17(2,3)26-16(23)22-12-6-18(24,7-13(22)11-25-10-12)14-8-20-15-9-19-4-5-21(14)15/h4-5,8-9,12-13,24H,6-7,10-11H2,1-3H3. The summed E-state index contributed by atoms with van der Waals surface area (Å²) in [6.45, 7) is 6.32. The summed E-state index contributed by atoms with van der Waals surface area (Å²) in [5.41, 5.74) is -0.241. The van der Waals surface area contributed by atoms with E-state index in [-0.39, 0.29) is 18.2 Å². The number of hydrogen-bond acceptors (Lipinski definition) is 6. The average Bonchev–Trinajstić information content (AvgIpc) is 2.97. The van der Waals surface area contributed by atoms with Crippen LogP contribution in [0.1, 0.15) is 39.3 Å². The number of aliphatic hydroxyl groups is 1. The summed E-state index contributed by atoms with van der Waals surface area (Å²) in [6.07, 6.45) is 7.21. The highest BCUT2D eigenvalue weighted by molar-refractivity contribution is 5.69. The largest absolute Gasteiger partial charge is 0.444 e. The zero-order valence-electron chi connectivity index (χ0n) is 15.3. The van der Waals surface area contributed by atoms with E-state index in [1.54, 1.807) is 29.7 Å². The maximum absolute atomic E-state index is 12.7. The minimum atomic E-state index is -1.08. The Morgan fingerprint density at radius 2 is 2.00 bits per heavy atom. The molecular weight excluding hydrogens is 336 g/mol. The van der Waals surface area contributed by atoms with Crippen LogP contribution < -0.4 is 0 Å². The molecule has 140 valence electrons. The van der Waals surface area contributed by atoms with Gasteiger partial charge in [0.05, 0.1) is 43.4 Å². The first-order valence-corrected chi connectivity index (χ1v) is 8.86. The molecule has 0 spiro atoms. The fraction of sp³-hybridized carbons (Fsp3) is 0.611. The number of nitrogens with zero attached hydrogens (tertiary/aromatic N) is 4. The zero-order valence-corrected chi connectivity index (χ0v) is 15.3. The highest BCUT2D eigenvalue weighted by Gasteiger charge is 2.50. The second kappa shape index (κ2) is 5.92. The topological polar surface area (TPSA) is 89.2 Å². The number of fused-ring (bicyclic) bond motifs is 3. The lowest BCUT2D eigenvalue weighted by Gasteiger charge is -2.51. The van der Waals surface area contributed by atoms with Gasteiger partial charge in [-0.2, -0.15) is 0 Å². The highest BCUT2D eigenvalue weighted by Crippen LogP contribution is 2.41. The van der Waals surface area contributed by atoms with Crippen LogP contribution in [0.5, 0.6) is 0 Å². The van der Waals surface area contributed by atoms with Gasteiger partial charge >= 0.3 is 6.09 Å². The van der Waals surface area contributed by atoms with Crippen LogP contribution in [0.3, 0.4) is 0 Å². The number of amides is 1. The number of morpholine rings is 1. The Balaban J connectivity index is 1.64. The monoisotopic (exact) mass is 360 g/mol. The van der Waals surface area contributed by atoms with Crippen molar-refractivity contribution in [1.29, 1.82) is 0 Å². The van der Waals surface area contributed by atoms with Crippen LogP contribution >= 0.6 is 0 Å². The lowest BCUT2D eigenvalue weighted by molar-refractivity contribution is -0.142. The number of hydrogen-bond donors (Lipinski definition) is 1. The molecule has 2 aromatic heterocycles. The van der Waals surface area contributed by atoms with Crippen molar-refractivity contribution in [2.45, 2.75) is 56.9 Å². The van der Waals surface area contributed by atoms with Gasteiger partial charge in [0.2, 0.25) is 0 Å². The number of carbonyl (C=O) groups is 1. The molecule has 0 radical (unpaired) electrons. The molecule has 2 atom stereocenters. The van der Waals surface area contributed by atoms with E-state index in [1.165, 1.54) is 0 Å². The van der Waals surface area contributed by atoms with Crippen molar-refractivity contribution in [1.82, 2.24) is 19.3 Å². The molecule has 2 fully saturated rings. The number of carbonyl (C=O) groups excluding carboxylic acids is 1. The van der Waals surface area contributed by atoms with Crippen LogP contribution in [-0.4, -0.2) is 61.4 Å². The van der Waals surface area contributed by atoms with E-state index in [1.807, 2.05) is 25.2 Å². The molecule has 0 aliphatic carbocycles. The highest BCUT2D eigenvalue weighted by atomic mass is 16.6. The van der Waals surface area contributed by atoms with Crippen molar-refractivity contribution in [2.75, 3.05) is 13.2 Å². The molecule has 8 heteroatoms. The lowest BCUT2D eigenvalue weighted by Crippen LogP contribution is -2.63. The molecule has 1 amide bonds. The molecule has 0 aromatic carbocycles. The predicted octanol–water partition coefficient (Wildman–Crippen LogP) is 1.72. The first kappa shape index (κ1) is 17.2. The van der Waals surface area contributed by atoms with E-state index in [9.17, 15) is 9.90 Å². The molecule has 2 aliphatic heterocycles. The smallest absolute Gasteiger partial charge is 0.410 e. The Morgan fingerprint density at radius 1 is 1.31 bits per heavy atom. The van der Waals surface area contributed by atoms with E-state index >= 15 is 0 Å². The molecule has 2 aliphatic rings. The summed E-state index contributed by atoms with van der Waals surface area (Å²) < 4.78 is 13.1. The predicted molar refractivity (Wildman–Crippen MR) is 92.6 cm³/mol. The summed E-state index contributed by atoms with van der Waals surface area (Å²) >= 11 is 0. The minimum absolute atomic E-state index is 0.241. The van der Waals surface area contributed by atoms with Gasteiger partial charge < -0.3 is 14.6 Å². The molecule has 2 unspecified atom stereocenters. The maximum Gasteiger partial charge on any atom is 0.410 e. The molecule has 2 saturated heterocycles. The number of aromatic nitrogens is 3. The zero-order chi connectivity index (χ0) is 18.5. The van der Waals surface area contributed by atoms with Gasteiger partial charge in [-0.1, -0.05) is 0 Å². The van der Waals surface area contributed by atoms with Crippen molar-refractivity contribution < 1.29 is 19.4 Å². The van der Waals surface area contributed by atoms with Crippen LogP contribution in [0.2, 0.25) is 0 Å². The van der Waals surface area contributed by atoms with Crippen molar-refractivity contribution in [3.05, 3.63) is 30.5 Å². The molecular formula is C18H24N4O4. The van der Waals surface area contributed by atoms with Crippen molar-refractivity contribution in [3.8, 4) is 0 Å². The van der Waals surface area contributed by atoms with Crippen LogP contribution in [0.4, 0.5) is 4.79 Å². The van der Waals surface area contributed by atoms with Gasteiger partial charge in [0, 0.05) is 25.2 Å². The second-order valence-electron chi connectivity index (χ2n) is 8.12. The molecule has 26 heavy (non-hydrogen) atoms. The van der Waals surface area contributed by atoms with Crippen molar-refractivity contribution in [3.63, 3.8) is 0 Å². The Hall–Kier alpha value is -2.19. The molecule has 2 aromatic rings. The van der Waals surface area contributed by atoms with Gasteiger partial charge in [0.25, 0.3) is 0 Å². The normalized spacial score (nSPS) is 29.0. The molecule has 0 saturated carbocycles. The molecule has 2 bridgehead atoms. The second-order valence-corrected chi connectivity index (χ2v) is 8.12. The Morgan fingerprint density at radius 3 is 2.65 bits per heavy atom. The lowest BCUT2D eigenvalue weighted by atomic mass is 9.79.